The fourth-order valence-corrected chi connectivity index (χ4v) is 2.34. The number of nitriles is 1. The Kier molecular flexibility index (Phi) is 3.82. The Labute approximate surface area is 97.3 Å². The molecule has 0 saturated heterocycles. The van der Waals surface area contributed by atoms with Gasteiger partial charge in [-0.1, -0.05) is 12.1 Å². The molecule has 1 aromatic rings. The number of benzene rings is 1. The molecule has 84 valence electrons. The van der Waals surface area contributed by atoms with Gasteiger partial charge in [0.25, 0.3) is 0 Å². The predicted octanol–water partition coefficient (Wildman–Crippen LogP) is 3.28. The van der Waals surface area contributed by atoms with Gasteiger partial charge in [0.1, 0.15) is 0 Å². The standard InChI is InChI=1S/C14H18N2/c15-10-3-4-11-16-14-9-5-7-12-6-1-2-8-13(12)14/h5,7,9,16H,1-4,6,8,11H2. The van der Waals surface area contributed by atoms with E-state index in [0.29, 0.717) is 6.42 Å². The van der Waals surface area contributed by atoms with Gasteiger partial charge in [0.05, 0.1) is 6.07 Å². The number of anilines is 1. The summed E-state index contributed by atoms with van der Waals surface area (Å²) in [6, 6.07) is 8.72. The average Bonchev–Trinajstić information content (AvgIpc) is 2.35. The molecule has 0 unspecified atom stereocenters. The molecule has 1 N–H and O–H groups in total. The lowest BCUT2D eigenvalue weighted by Crippen LogP contribution is -2.09. The zero-order valence-electron chi connectivity index (χ0n) is 9.63. The van der Waals surface area contributed by atoms with Gasteiger partial charge in [-0.15, -0.1) is 0 Å². The van der Waals surface area contributed by atoms with Gasteiger partial charge < -0.3 is 5.32 Å². The molecule has 0 atom stereocenters. The van der Waals surface area contributed by atoms with E-state index in [1.54, 1.807) is 0 Å². The molecule has 2 rings (SSSR count). The zero-order chi connectivity index (χ0) is 11.2. The third kappa shape index (κ3) is 2.55. The summed E-state index contributed by atoms with van der Waals surface area (Å²) in [6.45, 7) is 0.907. The quantitative estimate of drug-likeness (QED) is 0.781. The minimum absolute atomic E-state index is 0.641. The van der Waals surface area contributed by atoms with Gasteiger partial charge in [0.2, 0.25) is 0 Å². The number of unbranched alkanes of at least 4 members (excludes halogenated alkanes) is 1. The van der Waals surface area contributed by atoms with Gasteiger partial charge in [0.15, 0.2) is 0 Å². The highest BCUT2D eigenvalue weighted by molar-refractivity contribution is 5.55. The maximum absolute atomic E-state index is 8.48. The number of hydrogen-bond donors (Lipinski definition) is 1. The van der Waals surface area contributed by atoms with Crippen molar-refractivity contribution in [2.75, 3.05) is 11.9 Å². The van der Waals surface area contributed by atoms with Crippen LogP contribution in [0.2, 0.25) is 0 Å². The lowest BCUT2D eigenvalue weighted by Gasteiger charge is -2.20. The normalized spacial score (nSPS) is 13.9. The molecule has 0 aliphatic heterocycles. The first-order chi connectivity index (χ1) is 7.92. The van der Waals surface area contributed by atoms with Crippen molar-refractivity contribution < 1.29 is 0 Å². The summed E-state index contributed by atoms with van der Waals surface area (Å²) in [5, 5.41) is 11.9. The van der Waals surface area contributed by atoms with Crippen molar-refractivity contribution in [1.29, 1.82) is 5.26 Å². The van der Waals surface area contributed by atoms with Crippen molar-refractivity contribution >= 4 is 5.69 Å². The SMILES string of the molecule is N#CCCCNc1cccc2c1CCCC2. The smallest absolute Gasteiger partial charge is 0.0622 e. The van der Waals surface area contributed by atoms with Crippen molar-refractivity contribution in [2.24, 2.45) is 0 Å². The molecule has 0 amide bonds. The van der Waals surface area contributed by atoms with Crippen LogP contribution in [0.3, 0.4) is 0 Å². The van der Waals surface area contributed by atoms with Crippen molar-refractivity contribution in [2.45, 2.75) is 38.5 Å². The van der Waals surface area contributed by atoms with E-state index >= 15 is 0 Å². The van der Waals surface area contributed by atoms with E-state index in [0.717, 1.165) is 13.0 Å². The summed E-state index contributed by atoms with van der Waals surface area (Å²) in [5.41, 5.74) is 4.30. The maximum Gasteiger partial charge on any atom is 0.0622 e. The summed E-state index contributed by atoms with van der Waals surface area (Å²) in [7, 11) is 0. The van der Waals surface area contributed by atoms with Crippen molar-refractivity contribution in [3.8, 4) is 6.07 Å². The van der Waals surface area contributed by atoms with E-state index in [9.17, 15) is 0 Å². The van der Waals surface area contributed by atoms with E-state index in [1.807, 2.05) is 0 Å². The fraction of sp³-hybridized carbons (Fsp3) is 0.500. The molecular weight excluding hydrogens is 196 g/mol. The summed E-state index contributed by atoms with van der Waals surface area (Å²) < 4.78 is 0. The minimum atomic E-state index is 0.641. The van der Waals surface area contributed by atoms with Crippen LogP contribution in [0.15, 0.2) is 18.2 Å². The summed E-state index contributed by atoms with van der Waals surface area (Å²) in [5.74, 6) is 0. The van der Waals surface area contributed by atoms with Crippen LogP contribution in [0.1, 0.15) is 36.8 Å². The van der Waals surface area contributed by atoms with E-state index in [4.69, 9.17) is 5.26 Å². The lowest BCUT2D eigenvalue weighted by molar-refractivity contribution is 0.686. The molecule has 1 aliphatic carbocycles. The minimum Gasteiger partial charge on any atom is -0.385 e. The van der Waals surface area contributed by atoms with Crippen LogP contribution in [0.25, 0.3) is 0 Å². The highest BCUT2D eigenvalue weighted by atomic mass is 14.9. The predicted molar refractivity (Wildman–Crippen MR) is 66.4 cm³/mol. The van der Waals surface area contributed by atoms with Crippen molar-refractivity contribution in [1.82, 2.24) is 0 Å². The van der Waals surface area contributed by atoms with Crippen molar-refractivity contribution in [3.63, 3.8) is 0 Å². The Morgan fingerprint density at radius 1 is 1.25 bits per heavy atom. The molecule has 0 aromatic heterocycles. The summed E-state index contributed by atoms with van der Waals surface area (Å²) in [4.78, 5) is 0. The Morgan fingerprint density at radius 2 is 2.12 bits per heavy atom. The van der Waals surface area contributed by atoms with E-state index in [2.05, 4.69) is 29.6 Å². The van der Waals surface area contributed by atoms with Crippen molar-refractivity contribution in [3.05, 3.63) is 29.3 Å². The first-order valence-corrected chi connectivity index (χ1v) is 6.13. The molecule has 0 saturated carbocycles. The van der Waals surface area contributed by atoms with Crippen LogP contribution in [0.4, 0.5) is 5.69 Å². The van der Waals surface area contributed by atoms with E-state index in [1.165, 1.54) is 42.5 Å². The topological polar surface area (TPSA) is 35.8 Å². The Bertz CT molecular complexity index is 390. The number of nitrogens with zero attached hydrogens (tertiary/aromatic N) is 1. The number of hydrogen-bond acceptors (Lipinski definition) is 2. The van der Waals surface area contributed by atoms with Gasteiger partial charge in [-0.2, -0.15) is 5.26 Å². The second kappa shape index (κ2) is 5.55. The molecular formula is C14H18N2. The van der Waals surface area contributed by atoms with Crippen LogP contribution >= 0.6 is 0 Å². The highest BCUT2D eigenvalue weighted by Gasteiger charge is 2.11. The third-order valence-electron chi connectivity index (χ3n) is 3.18. The summed E-state index contributed by atoms with van der Waals surface area (Å²) >= 11 is 0. The second-order valence-corrected chi connectivity index (χ2v) is 4.34. The average molecular weight is 214 g/mol. The third-order valence-corrected chi connectivity index (χ3v) is 3.18. The van der Waals surface area contributed by atoms with Gasteiger partial charge in [-0.25, -0.2) is 0 Å². The molecule has 2 heteroatoms. The molecule has 0 radical (unpaired) electrons. The summed E-state index contributed by atoms with van der Waals surface area (Å²) in [6.07, 6.45) is 6.64. The Morgan fingerprint density at radius 3 is 3.00 bits per heavy atom. The number of aryl methyl sites for hydroxylation is 1. The number of fused-ring (bicyclic) bond motifs is 1. The molecule has 1 aliphatic rings. The molecule has 1 aromatic carbocycles. The lowest BCUT2D eigenvalue weighted by atomic mass is 9.90. The van der Waals surface area contributed by atoms with Crippen LogP contribution in [-0.2, 0) is 12.8 Å². The first kappa shape index (κ1) is 11.0. The molecule has 0 fully saturated rings. The van der Waals surface area contributed by atoms with Gasteiger partial charge in [-0.05, 0) is 49.3 Å². The Hall–Kier alpha value is -1.49. The highest BCUT2D eigenvalue weighted by Crippen LogP contribution is 2.27. The van der Waals surface area contributed by atoms with Gasteiger partial charge in [0, 0.05) is 18.7 Å². The van der Waals surface area contributed by atoms with Crippen LogP contribution < -0.4 is 5.32 Å². The monoisotopic (exact) mass is 214 g/mol. The number of nitrogens with one attached hydrogen (secondary N) is 1. The van der Waals surface area contributed by atoms with Crippen LogP contribution in [0, 0.1) is 11.3 Å². The van der Waals surface area contributed by atoms with E-state index < -0.39 is 0 Å². The molecule has 2 nitrogen and oxygen atoms in total. The fourth-order valence-electron chi connectivity index (χ4n) is 2.34. The van der Waals surface area contributed by atoms with Gasteiger partial charge >= 0.3 is 0 Å². The van der Waals surface area contributed by atoms with Crippen LogP contribution in [0.5, 0.6) is 0 Å². The molecule has 0 heterocycles. The zero-order valence-corrected chi connectivity index (χ0v) is 9.63. The largest absolute Gasteiger partial charge is 0.385 e. The molecule has 0 spiro atoms. The maximum atomic E-state index is 8.48. The molecule has 0 bridgehead atoms. The second-order valence-electron chi connectivity index (χ2n) is 4.34. The first-order valence-electron chi connectivity index (χ1n) is 6.13. The van der Waals surface area contributed by atoms with E-state index in [-0.39, 0.29) is 0 Å². The van der Waals surface area contributed by atoms with Gasteiger partial charge in [-0.3, -0.25) is 0 Å². The Balaban J connectivity index is 2.01. The number of rotatable bonds is 4. The molecule has 16 heavy (non-hydrogen) atoms. The van der Waals surface area contributed by atoms with Crippen LogP contribution in [-0.4, -0.2) is 6.54 Å².